The van der Waals surface area contributed by atoms with Crippen molar-refractivity contribution in [2.45, 2.75) is 90.4 Å². The summed E-state index contributed by atoms with van der Waals surface area (Å²) in [5, 5.41) is 2.98. The highest BCUT2D eigenvalue weighted by atomic mass is 16.1. The Morgan fingerprint density at radius 2 is 1.81 bits per heavy atom. The fourth-order valence-corrected chi connectivity index (χ4v) is 3.10. The van der Waals surface area contributed by atoms with E-state index < -0.39 is 0 Å². The number of carbonyl (C=O) groups excluding carboxylic acids is 2. The van der Waals surface area contributed by atoms with Crippen molar-refractivity contribution < 1.29 is 9.59 Å². The van der Waals surface area contributed by atoms with E-state index in [4.69, 9.17) is 0 Å². The van der Waals surface area contributed by atoms with Gasteiger partial charge in [0, 0.05) is 25.3 Å². The predicted octanol–water partition coefficient (Wildman–Crippen LogP) is 4.39. The van der Waals surface area contributed by atoms with Crippen LogP contribution >= 0.6 is 0 Å². The van der Waals surface area contributed by atoms with E-state index in [1.165, 1.54) is 38.5 Å². The summed E-state index contributed by atoms with van der Waals surface area (Å²) in [6.07, 6.45) is 14.2. The molecule has 0 radical (unpaired) electrons. The Morgan fingerprint density at radius 3 is 2.48 bits per heavy atom. The van der Waals surface area contributed by atoms with Gasteiger partial charge in [-0.15, -0.1) is 0 Å². The summed E-state index contributed by atoms with van der Waals surface area (Å²) >= 11 is 0. The highest BCUT2D eigenvalue weighted by molar-refractivity contribution is 5.82. The molecule has 1 aliphatic rings. The number of hydrogen-bond donors (Lipinski definition) is 1. The summed E-state index contributed by atoms with van der Waals surface area (Å²) in [4.78, 5) is 23.1. The van der Waals surface area contributed by atoms with Crippen molar-refractivity contribution >= 4 is 11.7 Å². The third-order valence-electron chi connectivity index (χ3n) is 4.49. The zero-order chi connectivity index (χ0) is 15.3. The summed E-state index contributed by atoms with van der Waals surface area (Å²) in [5.74, 6) is 0.899. The third-order valence-corrected chi connectivity index (χ3v) is 4.49. The Bertz CT molecular complexity index is 302. The van der Waals surface area contributed by atoms with Gasteiger partial charge in [0.1, 0.15) is 5.78 Å². The molecule has 1 unspecified atom stereocenters. The maximum Gasteiger partial charge on any atom is 0.219 e. The van der Waals surface area contributed by atoms with Crippen molar-refractivity contribution in [3.05, 3.63) is 0 Å². The molecule has 1 amide bonds. The highest BCUT2D eigenvalue weighted by Crippen LogP contribution is 2.25. The van der Waals surface area contributed by atoms with Gasteiger partial charge in [0.05, 0.1) is 0 Å². The molecule has 1 N–H and O–H groups in total. The second-order valence-electron chi connectivity index (χ2n) is 6.42. The number of amides is 1. The van der Waals surface area contributed by atoms with Crippen LogP contribution in [-0.2, 0) is 9.59 Å². The van der Waals surface area contributed by atoms with E-state index in [1.54, 1.807) is 0 Å². The van der Waals surface area contributed by atoms with Crippen LogP contribution in [0.4, 0.5) is 0 Å². The molecule has 3 heteroatoms. The first-order valence-electron chi connectivity index (χ1n) is 9.03. The van der Waals surface area contributed by atoms with Gasteiger partial charge >= 0.3 is 0 Å². The average molecular weight is 295 g/mol. The molecular weight excluding hydrogens is 262 g/mol. The second kappa shape index (κ2) is 11.8. The zero-order valence-corrected chi connectivity index (χ0v) is 13.8. The molecule has 0 aliphatic heterocycles. The Kier molecular flexibility index (Phi) is 10.2. The van der Waals surface area contributed by atoms with Gasteiger partial charge < -0.3 is 5.32 Å². The van der Waals surface area contributed by atoms with Crippen LogP contribution in [0.3, 0.4) is 0 Å². The molecule has 122 valence electrons. The number of ketones is 1. The van der Waals surface area contributed by atoms with Crippen LogP contribution in [0.1, 0.15) is 90.4 Å². The standard InChI is InChI=1S/C18H33NO2/c1-2-3-4-5-6-7-8-14-18(21)19-15-10-12-16-11-9-13-17(16)20/h16H,2-15H2,1H3,(H,19,21). The van der Waals surface area contributed by atoms with Gasteiger partial charge in [-0.2, -0.15) is 0 Å². The van der Waals surface area contributed by atoms with E-state index in [0.717, 1.165) is 45.1 Å². The molecule has 1 rings (SSSR count). The fourth-order valence-electron chi connectivity index (χ4n) is 3.10. The maximum atomic E-state index is 11.7. The van der Waals surface area contributed by atoms with E-state index in [0.29, 0.717) is 12.2 Å². The minimum absolute atomic E-state index is 0.182. The van der Waals surface area contributed by atoms with E-state index in [1.807, 2.05) is 0 Å². The molecule has 21 heavy (non-hydrogen) atoms. The molecule has 1 saturated carbocycles. The summed E-state index contributed by atoms with van der Waals surface area (Å²) in [7, 11) is 0. The average Bonchev–Trinajstić information content (AvgIpc) is 2.88. The normalized spacial score (nSPS) is 18.1. The lowest BCUT2D eigenvalue weighted by atomic mass is 10.0. The number of nitrogens with one attached hydrogen (secondary N) is 1. The van der Waals surface area contributed by atoms with Gasteiger partial charge in [-0.25, -0.2) is 0 Å². The van der Waals surface area contributed by atoms with E-state index >= 15 is 0 Å². The van der Waals surface area contributed by atoms with Crippen molar-refractivity contribution in [1.29, 1.82) is 0 Å². The van der Waals surface area contributed by atoms with Crippen LogP contribution in [0.25, 0.3) is 0 Å². The van der Waals surface area contributed by atoms with Gasteiger partial charge in [-0.05, 0) is 32.1 Å². The Morgan fingerprint density at radius 1 is 1.10 bits per heavy atom. The fraction of sp³-hybridized carbons (Fsp3) is 0.889. The number of unbranched alkanes of at least 4 members (excludes halogenated alkanes) is 6. The zero-order valence-electron chi connectivity index (χ0n) is 13.8. The topological polar surface area (TPSA) is 46.2 Å². The number of Topliss-reactive ketones (excluding diaryl/α,β-unsaturated/α-hetero) is 1. The van der Waals surface area contributed by atoms with Gasteiger partial charge in [-0.3, -0.25) is 9.59 Å². The summed E-state index contributed by atoms with van der Waals surface area (Å²) < 4.78 is 0. The summed E-state index contributed by atoms with van der Waals surface area (Å²) in [5.41, 5.74) is 0. The number of hydrogen-bond acceptors (Lipinski definition) is 2. The van der Waals surface area contributed by atoms with Crippen molar-refractivity contribution in [3.63, 3.8) is 0 Å². The monoisotopic (exact) mass is 295 g/mol. The minimum atomic E-state index is 0.182. The van der Waals surface area contributed by atoms with Crippen LogP contribution < -0.4 is 5.32 Å². The van der Waals surface area contributed by atoms with Gasteiger partial charge in [0.2, 0.25) is 5.91 Å². The number of carbonyl (C=O) groups is 2. The lowest BCUT2D eigenvalue weighted by Crippen LogP contribution is -2.24. The minimum Gasteiger partial charge on any atom is -0.356 e. The lowest BCUT2D eigenvalue weighted by Gasteiger charge is -2.08. The van der Waals surface area contributed by atoms with Crippen LogP contribution in [0, 0.1) is 5.92 Å². The molecule has 0 spiro atoms. The first kappa shape index (κ1) is 18.2. The van der Waals surface area contributed by atoms with Crippen LogP contribution in [0.2, 0.25) is 0 Å². The largest absolute Gasteiger partial charge is 0.356 e. The van der Waals surface area contributed by atoms with Crippen molar-refractivity contribution in [2.75, 3.05) is 6.54 Å². The quantitative estimate of drug-likeness (QED) is 0.543. The molecule has 0 bridgehead atoms. The first-order valence-corrected chi connectivity index (χ1v) is 9.03. The van der Waals surface area contributed by atoms with Crippen LogP contribution in [-0.4, -0.2) is 18.2 Å². The van der Waals surface area contributed by atoms with E-state index in [9.17, 15) is 9.59 Å². The van der Waals surface area contributed by atoms with Crippen molar-refractivity contribution in [1.82, 2.24) is 5.32 Å². The Balaban J connectivity index is 1.86. The smallest absolute Gasteiger partial charge is 0.219 e. The SMILES string of the molecule is CCCCCCCCCC(=O)NCCCC1CCCC1=O. The lowest BCUT2D eigenvalue weighted by molar-refractivity contribution is -0.121. The van der Waals surface area contributed by atoms with E-state index in [2.05, 4.69) is 12.2 Å². The molecule has 3 nitrogen and oxygen atoms in total. The molecule has 0 saturated heterocycles. The molecule has 1 atom stereocenters. The molecule has 0 aromatic rings. The van der Waals surface area contributed by atoms with Crippen molar-refractivity contribution in [3.8, 4) is 0 Å². The Labute approximate surface area is 130 Å². The van der Waals surface area contributed by atoms with E-state index in [-0.39, 0.29) is 11.8 Å². The molecular formula is C18H33NO2. The second-order valence-corrected chi connectivity index (χ2v) is 6.42. The molecule has 0 heterocycles. The maximum absolute atomic E-state index is 11.7. The molecule has 1 aliphatic carbocycles. The van der Waals surface area contributed by atoms with Crippen molar-refractivity contribution in [2.24, 2.45) is 5.92 Å². The molecule has 0 aromatic heterocycles. The van der Waals surface area contributed by atoms with Crippen LogP contribution in [0.5, 0.6) is 0 Å². The van der Waals surface area contributed by atoms with Crippen LogP contribution in [0.15, 0.2) is 0 Å². The molecule has 0 aromatic carbocycles. The van der Waals surface area contributed by atoms with Gasteiger partial charge in [-0.1, -0.05) is 45.4 Å². The highest BCUT2D eigenvalue weighted by Gasteiger charge is 2.23. The summed E-state index contributed by atoms with van der Waals surface area (Å²) in [6.45, 7) is 2.96. The first-order chi connectivity index (χ1) is 10.2. The number of rotatable bonds is 12. The third kappa shape index (κ3) is 8.90. The van der Waals surface area contributed by atoms with Gasteiger partial charge in [0.25, 0.3) is 0 Å². The predicted molar refractivity (Wildman–Crippen MR) is 87.2 cm³/mol. The van der Waals surface area contributed by atoms with Gasteiger partial charge in [0.15, 0.2) is 0 Å². The Hall–Kier alpha value is -0.860. The molecule has 1 fully saturated rings. The summed E-state index contributed by atoms with van der Waals surface area (Å²) in [6, 6.07) is 0.